The third kappa shape index (κ3) is 5.03. The molecule has 2 rings (SSSR count). The molecule has 0 spiro atoms. The van der Waals surface area contributed by atoms with Crippen LogP contribution in [0.4, 0.5) is 13.2 Å². The summed E-state index contributed by atoms with van der Waals surface area (Å²) in [7, 11) is 0. The predicted octanol–water partition coefficient (Wildman–Crippen LogP) is 4.34. The van der Waals surface area contributed by atoms with Crippen molar-refractivity contribution in [3.05, 3.63) is 29.3 Å². The second-order valence-electron chi connectivity index (χ2n) is 5.77. The topological polar surface area (TPSA) is 38.3 Å². The minimum Gasteiger partial charge on any atom is -0.481 e. The summed E-state index contributed by atoms with van der Waals surface area (Å²) in [6, 6.07) is 5.62. The second-order valence-corrected chi connectivity index (χ2v) is 6.20. The van der Waals surface area contributed by atoms with Gasteiger partial charge in [-0.3, -0.25) is 4.79 Å². The number of alkyl halides is 3. The van der Waals surface area contributed by atoms with E-state index in [9.17, 15) is 18.0 Å². The number of carbonyl (C=O) groups is 1. The number of hydrogen-bond acceptors (Lipinski definition) is 2. The average molecular weight is 350 g/mol. The molecular formula is C16H19ClF3NO2. The van der Waals surface area contributed by atoms with Gasteiger partial charge in [0.15, 0.2) is 6.10 Å². The lowest BCUT2D eigenvalue weighted by molar-refractivity contribution is -0.189. The molecule has 0 radical (unpaired) electrons. The fourth-order valence-corrected chi connectivity index (χ4v) is 2.97. The quantitative estimate of drug-likeness (QED) is 0.877. The van der Waals surface area contributed by atoms with E-state index in [0.29, 0.717) is 30.0 Å². The van der Waals surface area contributed by atoms with Crippen LogP contribution in [0.1, 0.15) is 32.6 Å². The summed E-state index contributed by atoms with van der Waals surface area (Å²) in [5.41, 5.74) is 0. The summed E-state index contributed by atoms with van der Waals surface area (Å²) in [6.45, 7) is 1.50. The maximum atomic E-state index is 13.0. The van der Waals surface area contributed by atoms with Gasteiger partial charge in [0.2, 0.25) is 0 Å². The number of hydrogen-bond donors (Lipinski definition) is 1. The molecular weight excluding hydrogens is 331 g/mol. The molecule has 1 aliphatic rings. The van der Waals surface area contributed by atoms with Crippen molar-refractivity contribution in [2.24, 2.45) is 5.92 Å². The third-order valence-electron chi connectivity index (χ3n) is 3.99. The smallest absolute Gasteiger partial charge is 0.393 e. The lowest BCUT2D eigenvalue weighted by Crippen LogP contribution is -2.50. The summed E-state index contributed by atoms with van der Waals surface area (Å²) in [5.74, 6) is -1.64. The SMILES string of the molecule is C[C@H](Oc1cccc(Cl)c1)C(=O)N[C@H]1CCCC[C@H]1C(F)(F)F. The van der Waals surface area contributed by atoms with Crippen molar-refractivity contribution < 1.29 is 22.7 Å². The Hall–Kier alpha value is -1.43. The van der Waals surface area contributed by atoms with Crippen molar-refractivity contribution in [3.63, 3.8) is 0 Å². The molecule has 3 nitrogen and oxygen atoms in total. The first-order chi connectivity index (χ1) is 10.8. The Morgan fingerprint density at radius 1 is 1.35 bits per heavy atom. The Balaban J connectivity index is 1.96. The van der Waals surface area contributed by atoms with E-state index in [2.05, 4.69) is 5.32 Å². The molecule has 23 heavy (non-hydrogen) atoms. The predicted molar refractivity (Wildman–Crippen MR) is 81.5 cm³/mol. The molecule has 1 N–H and O–H groups in total. The van der Waals surface area contributed by atoms with E-state index < -0.39 is 30.1 Å². The van der Waals surface area contributed by atoms with E-state index >= 15 is 0 Å². The Bertz CT molecular complexity index is 550. The fourth-order valence-electron chi connectivity index (χ4n) is 2.79. The zero-order chi connectivity index (χ0) is 17.0. The van der Waals surface area contributed by atoms with Crippen LogP contribution in [0.2, 0.25) is 5.02 Å². The van der Waals surface area contributed by atoms with Gasteiger partial charge in [-0.2, -0.15) is 13.2 Å². The Labute approximate surface area is 138 Å². The molecule has 1 amide bonds. The van der Waals surface area contributed by atoms with Crippen LogP contribution in [0, 0.1) is 5.92 Å². The van der Waals surface area contributed by atoms with Gasteiger partial charge in [-0.05, 0) is 38.0 Å². The Morgan fingerprint density at radius 3 is 2.70 bits per heavy atom. The number of nitrogens with one attached hydrogen (secondary N) is 1. The summed E-state index contributed by atoms with van der Waals surface area (Å²) in [5, 5.41) is 2.95. The van der Waals surface area contributed by atoms with Crippen molar-refractivity contribution in [3.8, 4) is 5.75 Å². The first-order valence-electron chi connectivity index (χ1n) is 7.56. The van der Waals surface area contributed by atoms with Crippen LogP contribution in [-0.2, 0) is 4.79 Å². The van der Waals surface area contributed by atoms with Gasteiger partial charge in [0, 0.05) is 11.1 Å². The first-order valence-corrected chi connectivity index (χ1v) is 7.94. The van der Waals surface area contributed by atoms with Crippen LogP contribution in [0.3, 0.4) is 0 Å². The highest BCUT2D eigenvalue weighted by Crippen LogP contribution is 2.37. The van der Waals surface area contributed by atoms with Crippen molar-refractivity contribution in [1.82, 2.24) is 5.32 Å². The molecule has 128 valence electrons. The molecule has 0 aromatic heterocycles. The molecule has 3 atom stereocenters. The summed E-state index contributed by atoms with van der Waals surface area (Å²) >= 11 is 5.83. The highest BCUT2D eigenvalue weighted by atomic mass is 35.5. The van der Waals surface area contributed by atoms with Crippen LogP contribution in [0.15, 0.2) is 24.3 Å². The van der Waals surface area contributed by atoms with Crippen LogP contribution < -0.4 is 10.1 Å². The Morgan fingerprint density at radius 2 is 2.04 bits per heavy atom. The standard InChI is InChI=1S/C16H19ClF3NO2/c1-10(23-12-6-4-5-11(17)9-12)15(22)21-14-8-3-2-7-13(14)16(18,19)20/h4-6,9-10,13-14H,2-3,7-8H2,1H3,(H,21,22)/t10-,13+,14-/m0/s1. The largest absolute Gasteiger partial charge is 0.481 e. The molecule has 1 aliphatic carbocycles. The average Bonchev–Trinajstić information content (AvgIpc) is 2.46. The monoisotopic (exact) mass is 349 g/mol. The molecule has 0 unspecified atom stereocenters. The van der Waals surface area contributed by atoms with Crippen molar-refractivity contribution >= 4 is 17.5 Å². The van der Waals surface area contributed by atoms with Crippen LogP contribution >= 0.6 is 11.6 Å². The maximum Gasteiger partial charge on any atom is 0.393 e. The number of amides is 1. The van der Waals surface area contributed by atoms with Gasteiger partial charge < -0.3 is 10.1 Å². The van der Waals surface area contributed by atoms with Gasteiger partial charge in [0.05, 0.1) is 5.92 Å². The minimum atomic E-state index is -4.30. The lowest BCUT2D eigenvalue weighted by atomic mass is 9.84. The molecule has 0 bridgehead atoms. The van der Waals surface area contributed by atoms with Crippen LogP contribution in [0.5, 0.6) is 5.75 Å². The summed E-state index contributed by atoms with van der Waals surface area (Å²) in [4.78, 5) is 12.1. The molecule has 0 aliphatic heterocycles. The molecule has 1 aromatic carbocycles. The van der Waals surface area contributed by atoms with E-state index in [0.717, 1.165) is 0 Å². The zero-order valence-corrected chi connectivity index (χ0v) is 13.5. The van der Waals surface area contributed by atoms with Gasteiger partial charge in [0.25, 0.3) is 5.91 Å². The fraction of sp³-hybridized carbons (Fsp3) is 0.562. The molecule has 1 saturated carbocycles. The first kappa shape index (κ1) is 17.9. The number of ether oxygens (including phenoxy) is 1. The number of benzene rings is 1. The van der Waals surface area contributed by atoms with Gasteiger partial charge >= 0.3 is 6.18 Å². The van der Waals surface area contributed by atoms with Crippen molar-refractivity contribution in [2.75, 3.05) is 0 Å². The number of halogens is 4. The van der Waals surface area contributed by atoms with Crippen molar-refractivity contribution in [1.29, 1.82) is 0 Å². The molecule has 0 heterocycles. The van der Waals surface area contributed by atoms with Gasteiger partial charge in [-0.15, -0.1) is 0 Å². The lowest BCUT2D eigenvalue weighted by Gasteiger charge is -2.34. The maximum absolute atomic E-state index is 13.0. The highest BCUT2D eigenvalue weighted by Gasteiger charge is 2.46. The van der Waals surface area contributed by atoms with Crippen LogP contribution in [0.25, 0.3) is 0 Å². The number of carbonyl (C=O) groups excluding carboxylic acids is 1. The summed E-state index contributed by atoms with van der Waals surface area (Å²) in [6.07, 6.45) is -3.59. The van der Waals surface area contributed by atoms with Gasteiger partial charge in [-0.25, -0.2) is 0 Å². The van der Waals surface area contributed by atoms with E-state index in [1.807, 2.05) is 0 Å². The van der Waals surface area contributed by atoms with Gasteiger partial charge in [0.1, 0.15) is 5.75 Å². The second kappa shape index (κ2) is 7.43. The summed E-state index contributed by atoms with van der Waals surface area (Å²) < 4.78 is 44.6. The van der Waals surface area contributed by atoms with Crippen LogP contribution in [-0.4, -0.2) is 24.2 Å². The molecule has 7 heteroatoms. The highest BCUT2D eigenvalue weighted by molar-refractivity contribution is 6.30. The Kier molecular flexibility index (Phi) is 5.79. The van der Waals surface area contributed by atoms with Gasteiger partial charge in [-0.1, -0.05) is 30.5 Å². The van der Waals surface area contributed by atoms with Crippen molar-refractivity contribution in [2.45, 2.75) is 50.9 Å². The molecule has 0 saturated heterocycles. The molecule has 1 aromatic rings. The van der Waals surface area contributed by atoms with E-state index in [1.165, 1.54) is 6.92 Å². The number of rotatable bonds is 4. The molecule has 1 fully saturated rings. The third-order valence-corrected chi connectivity index (χ3v) is 4.23. The van der Waals surface area contributed by atoms with E-state index in [4.69, 9.17) is 16.3 Å². The zero-order valence-electron chi connectivity index (χ0n) is 12.7. The van der Waals surface area contributed by atoms with E-state index in [1.54, 1.807) is 24.3 Å². The normalized spacial score (nSPS) is 23.2. The van der Waals surface area contributed by atoms with E-state index in [-0.39, 0.29) is 6.42 Å². The minimum absolute atomic E-state index is 0.0535.